The molecule has 1 saturated heterocycles. The molecule has 2 atom stereocenters. The summed E-state index contributed by atoms with van der Waals surface area (Å²) in [6.07, 6.45) is 1.52. The first kappa shape index (κ1) is 19.5. The number of carboxylic acids is 1. The Morgan fingerprint density at radius 3 is 2.74 bits per heavy atom. The quantitative estimate of drug-likeness (QED) is 0.820. The van der Waals surface area contributed by atoms with Crippen molar-refractivity contribution in [2.45, 2.75) is 32.7 Å². The number of aryl methyl sites for hydroxylation is 1. The zero-order chi connectivity index (χ0) is 19.6. The highest BCUT2D eigenvalue weighted by Gasteiger charge is 2.32. The zero-order valence-electron chi connectivity index (χ0n) is 15.4. The molecule has 2 heterocycles. The molecule has 0 aliphatic carbocycles. The van der Waals surface area contributed by atoms with E-state index in [0.717, 1.165) is 29.9 Å². The molecule has 2 N–H and O–H groups in total. The number of carbonyl (C=O) groups excluding carboxylic acids is 1. The fraction of sp³-hybridized carbons (Fsp3) is 0.400. The van der Waals surface area contributed by atoms with E-state index < -0.39 is 17.9 Å². The van der Waals surface area contributed by atoms with Crippen molar-refractivity contribution in [2.75, 3.05) is 13.2 Å². The second kappa shape index (κ2) is 8.15. The van der Waals surface area contributed by atoms with E-state index in [1.165, 1.54) is 0 Å². The van der Waals surface area contributed by atoms with Gasteiger partial charge in [-0.2, -0.15) is 0 Å². The largest absolute Gasteiger partial charge is 0.480 e. The van der Waals surface area contributed by atoms with Crippen molar-refractivity contribution in [3.63, 3.8) is 0 Å². The number of halogens is 1. The van der Waals surface area contributed by atoms with E-state index in [1.807, 2.05) is 36.6 Å². The Balaban J connectivity index is 1.86. The number of ether oxygens (including phenoxy) is 1. The SMILES string of the molecule is Cc1cc(C(=O)NC(C(=O)O)C2CCCOC2)c(C)n1-c1cccc(Cl)c1. The molecule has 1 aliphatic heterocycles. The summed E-state index contributed by atoms with van der Waals surface area (Å²) in [5, 5.41) is 12.9. The minimum absolute atomic E-state index is 0.225. The average molecular weight is 391 g/mol. The van der Waals surface area contributed by atoms with E-state index in [4.69, 9.17) is 16.3 Å². The van der Waals surface area contributed by atoms with E-state index >= 15 is 0 Å². The van der Waals surface area contributed by atoms with Crippen LogP contribution >= 0.6 is 11.6 Å². The molecule has 2 aromatic rings. The number of aromatic nitrogens is 1. The van der Waals surface area contributed by atoms with Crippen LogP contribution in [0.4, 0.5) is 0 Å². The Morgan fingerprint density at radius 1 is 1.33 bits per heavy atom. The maximum Gasteiger partial charge on any atom is 0.326 e. The van der Waals surface area contributed by atoms with Crippen LogP contribution in [0.5, 0.6) is 0 Å². The third-order valence-electron chi connectivity index (χ3n) is 4.96. The normalized spacial score (nSPS) is 18.1. The van der Waals surface area contributed by atoms with Gasteiger partial charge in [0.05, 0.1) is 12.2 Å². The topological polar surface area (TPSA) is 80.6 Å². The van der Waals surface area contributed by atoms with Crippen molar-refractivity contribution >= 4 is 23.5 Å². The highest BCUT2D eigenvalue weighted by atomic mass is 35.5. The van der Waals surface area contributed by atoms with E-state index in [-0.39, 0.29) is 5.92 Å². The maximum absolute atomic E-state index is 12.8. The van der Waals surface area contributed by atoms with Crippen molar-refractivity contribution in [3.8, 4) is 5.69 Å². The van der Waals surface area contributed by atoms with Crippen LogP contribution in [0, 0.1) is 19.8 Å². The summed E-state index contributed by atoms with van der Waals surface area (Å²) >= 11 is 6.09. The van der Waals surface area contributed by atoms with Crippen LogP contribution in [0.15, 0.2) is 30.3 Å². The molecule has 0 bridgehead atoms. The molecule has 2 unspecified atom stereocenters. The van der Waals surface area contributed by atoms with Gasteiger partial charge in [0.15, 0.2) is 0 Å². The monoisotopic (exact) mass is 390 g/mol. The third kappa shape index (κ3) is 4.17. The van der Waals surface area contributed by atoms with E-state index in [0.29, 0.717) is 23.8 Å². The van der Waals surface area contributed by atoms with Gasteiger partial charge in [0, 0.05) is 34.6 Å². The second-order valence-corrected chi connectivity index (χ2v) is 7.30. The van der Waals surface area contributed by atoms with Gasteiger partial charge in [0.2, 0.25) is 0 Å². The number of benzene rings is 1. The minimum Gasteiger partial charge on any atom is -0.480 e. The molecule has 0 radical (unpaired) electrons. The zero-order valence-corrected chi connectivity index (χ0v) is 16.1. The number of hydrogen-bond donors (Lipinski definition) is 2. The lowest BCUT2D eigenvalue weighted by molar-refractivity contribution is -0.142. The smallest absolute Gasteiger partial charge is 0.326 e. The molecular weight excluding hydrogens is 368 g/mol. The Bertz CT molecular complexity index is 856. The first-order valence-corrected chi connectivity index (χ1v) is 9.32. The number of rotatable bonds is 5. The van der Waals surface area contributed by atoms with Crippen LogP contribution in [0.3, 0.4) is 0 Å². The molecule has 0 spiro atoms. The van der Waals surface area contributed by atoms with Crippen molar-refractivity contribution in [1.82, 2.24) is 9.88 Å². The Hall–Kier alpha value is -2.31. The van der Waals surface area contributed by atoms with Crippen LogP contribution in [-0.4, -0.2) is 40.8 Å². The van der Waals surface area contributed by atoms with Gasteiger partial charge in [-0.3, -0.25) is 4.79 Å². The average Bonchev–Trinajstić information content (AvgIpc) is 2.94. The highest BCUT2D eigenvalue weighted by molar-refractivity contribution is 6.30. The number of nitrogens with zero attached hydrogens (tertiary/aromatic N) is 1. The number of carbonyl (C=O) groups is 2. The number of nitrogens with one attached hydrogen (secondary N) is 1. The number of amides is 1. The number of carboxylic acid groups (broad SMARTS) is 1. The summed E-state index contributed by atoms with van der Waals surface area (Å²) in [6.45, 7) is 4.72. The van der Waals surface area contributed by atoms with E-state index in [1.54, 1.807) is 12.1 Å². The molecule has 3 rings (SSSR count). The van der Waals surface area contributed by atoms with E-state index in [9.17, 15) is 14.7 Å². The predicted octanol–water partition coefficient (Wildman–Crippen LogP) is 3.36. The van der Waals surface area contributed by atoms with Gasteiger partial charge in [-0.25, -0.2) is 4.79 Å². The van der Waals surface area contributed by atoms with Crippen LogP contribution in [0.2, 0.25) is 5.02 Å². The lowest BCUT2D eigenvalue weighted by Crippen LogP contribution is -2.48. The van der Waals surface area contributed by atoms with Crippen LogP contribution < -0.4 is 5.32 Å². The van der Waals surface area contributed by atoms with Gasteiger partial charge in [-0.15, -0.1) is 0 Å². The lowest BCUT2D eigenvalue weighted by atomic mass is 9.93. The molecular formula is C20H23ClN2O4. The predicted molar refractivity (Wildman–Crippen MR) is 103 cm³/mol. The summed E-state index contributed by atoms with van der Waals surface area (Å²) in [5.74, 6) is -1.66. The first-order chi connectivity index (χ1) is 12.9. The van der Waals surface area contributed by atoms with Crippen LogP contribution in [-0.2, 0) is 9.53 Å². The Kier molecular flexibility index (Phi) is 5.87. The molecule has 1 amide bonds. The standard InChI is InChI=1S/C20H23ClN2O4/c1-12-9-17(13(2)23(12)16-7-3-6-15(21)10-16)19(24)22-18(20(25)26)14-5-4-8-27-11-14/h3,6-7,9-10,14,18H,4-5,8,11H2,1-2H3,(H,22,24)(H,25,26). The summed E-state index contributed by atoms with van der Waals surface area (Å²) in [7, 11) is 0. The van der Waals surface area contributed by atoms with Gasteiger partial charge < -0.3 is 19.7 Å². The Labute approximate surface area is 163 Å². The molecule has 1 aliphatic rings. The van der Waals surface area contributed by atoms with Gasteiger partial charge in [0.1, 0.15) is 6.04 Å². The molecule has 27 heavy (non-hydrogen) atoms. The molecule has 1 aromatic carbocycles. The van der Waals surface area contributed by atoms with Gasteiger partial charge in [0.25, 0.3) is 5.91 Å². The maximum atomic E-state index is 12.8. The van der Waals surface area contributed by atoms with Gasteiger partial charge in [-0.1, -0.05) is 17.7 Å². The third-order valence-corrected chi connectivity index (χ3v) is 5.20. The van der Waals surface area contributed by atoms with Gasteiger partial charge in [-0.05, 0) is 51.0 Å². The molecule has 0 saturated carbocycles. The summed E-state index contributed by atoms with van der Waals surface area (Å²) in [6, 6.07) is 8.17. The fourth-order valence-corrected chi connectivity index (χ4v) is 3.82. The van der Waals surface area contributed by atoms with Crippen LogP contribution in [0.25, 0.3) is 5.69 Å². The molecule has 1 aromatic heterocycles. The summed E-state index contributed by atoms with van der Waals surface area (Å²) in [5.41, 5.74) is 2.91. The van der Waals surface area contributed by atoms with Gasteiger partial charge >= 0.3 is 5.97 Å². The van der Waals surface area contributed by atoms with Crippen molar-refractivity contribution in [3.05, 3.63) is 52.3 Å². The molecule has 6 nitrogen and oxygen atoms in total. The molecule has 1 fully saturated rings. The minimum atomic E-state index is -1.04. The lowest BCUT2D eigenvalue weighted by Gasteiger charge is -2.28. The Morgan fingerprint density at radius 2 is 2.11 bits per heavy atom. The number of hydrogen-bond acceptors (Lipinski definition) is 3. The van der Waals surface area contributed by atoms with Crippen molar-refractivity contribution in [1.29, 1.82) is 0 Å². The fourth-order valence-electron chi connectivity index (χ4n) is 3.63. The molecule has 7 heteroatoms. The first-order valence-electron chi connectivity index (χ1n) is 8.94. The van der Waals surface area contributed by atoms with Crippen molar-refractivity contribution < 1.29 is 19.4 Å². The van der Waals surface area contributed by atoms with E-state index in [2.05, 4.69) is 5.32 Å². The number of aliphatic carboxylic acids is 1. The summed E-state index contributed by atoms with van der Waals surface area (Å²) in [4.78, 5) is 24.5. The molecule has 144 valence electrons. The van der Waals surface area contributed by atoms with Crippen molar-refractivity contribution in [2.24, 2.45) is 5.92 Å². The highest BCUT2D eigenvalue weighted by Crippen LogP contribution is 2.24. The van der Waals surface area contributed by atoms with Crippen LogP contribution in [0.1, 0.15) is 34.6 Å². The second-order valence-electron chi connectivity index (χ2n) is 6.87. The summed E-state index contributed by atoms with van der Waals surface area (Å²) < 4.78 is 7.32.